The van der Waals surface area contributed by atoms with Gasteiger partial charge >= 0.3 is 0 Å². The Kier molecular flexibility index (Phi) is 5.30. The minimum absolute atomic E-state index is 0.0237. The van der Waals surface area contributed by atoms with Crippen LogP contribution in [0.25, 0.3) is 0 Å². The summed E-state index contributed by atoms with van der Waals surface area (Å²) in [6.45, 7) is 4.83. The standard InChI is InChI=1S/C16H24N2O2S/c1-16(2,20)14-8-5-9-18(14)11-15(19)17-12-6-4-7-13(10-12)21-3/h4,6-7,10,14,20H,5,8-9,11H2,1-3H3,(H,17,19). The molecule has 0 saturated carbocycles. The lowest BCUT2D eigenvalue weighted by atomic mass is 9.97. The summed E-state index contributed by atoms with van der Waals surface area (Å²) in [5.41, 5.74) is 0.0566. The first-order chi connectivity index (χ1) is 9.90. The highest BCUT2D eigenvalue weighted by atomic mass is 32.2. The molecule has 1 aliphatic rings. The van der Waals surface area contributed by atoms with E-state index in [0.29, 0.717) is 6.54 Å². The molecule has 4 nitrogen and oxygen atoms in total. The highest BCUT2D eigenvalue weighted by Gasteiger charge is 2.36. The van der Waals surface area contributed by atoms with Gasteiger partial charge in [-0.15, -0.1) is 11.8 Å². The first kappa shape index (κ1) is 16.3. The number of carbonyl (C=O) groups is 1. The SMILES string of the molecule is CSc1cccc(NC(=O)CN2CCCC2C(C)(C)O)c1. The maximum absolute atomic E-state index is 12.2. The summed E-state index contributed by atoms with van der Waals surface area (Å²) in [6, 6.07) is 7.89. The third-order valence-electron chi connectivity index (χ3n) is 3.88. The predicted molar refractivity (Wildman–Crippen MR) is 87.7 cm³/mol. The molecule has 1 unspecified atom stereocenters. The van der Waals surface area contributed by atoms with Crippen LogP contribution in [-0.4, -0.2) is 46.9 Å². The first-order valence-corrected chi connectivity index (χ1v) is 8.53. The Balaban J connectivity index is 1.95. The van der Waals surface area contributed by atoms with Crippen molar-refractivity contribution in [2.45, 2.75) is 43.2 Å². The van der Waals surface area contributed by atoms with Crippen LogP contribution in [0.1, 0.15) is 26.7 Å². The van der Waals surface area contributed by atoms with Crippen molar-refractivity contribution in [1.29, 1.82) is 0 Å². The molecular weight excluding hydrogens is 284 g/mol. The minimum Gasteiger partial charge on any atom is -0.389 e. The molecule has 1 aromatic carbocycles. The van der Waals surface area contributed by atoms with E-state index in [1.54, 1.807) is 11.8 Å². The zero-order valence-electron chi connectivity index (χ0n) is 12.9. The Labute approximate surface area is 130 Å². The van der Waals surface area contributed by atoms with Crippen molar-refractivity contribution in [2.24, 2.45) is 0 Å². The monoisotopic (exact) mass is 308 g/mol. The summed E-state index contributed by atoms with van der Waals surface area (Å²) < 4.78 is 0. The molecule has 1 saturated heterocycles. The van der Waals surface area contributed by atoms with E-state index in [-0.39, 0.29) is 11.9 Å². The van der Waals surface area contributed by atoms with Gasteiger partial charge in [-0.1, -0.05) is 6.07 Å². The van der Waals surface area contributed by atoms with E-state index < -0.39 is 5.60 Å². The molecule has 5 heteroatoms. The summed E-state index contributed by atoms with van der Waals surface area (Å²) in [5, 5.41) is 13.1. The Morgan fingerprint density at radius 2 is 2.29 bits per heavy atom. The molecular formula is C16H24N2O2S. The van der Waals surface area contributed by atoms with Gasteiger partial charge in [0, 0.05) is 16.6 Å². The molecule has 0 radical (unpaired) electrons. The van der Waals surface area contributed by atoms with Crippen molar-refractivity contribution in [3.8, 4) is 0 Å². The van der Waals surface area contributed by atoms with Gasteiger partial charge in [-0.05, 0) is 57.7 Å². The minimum atomic E-state index is -0.768. The third-order valence-corrected chi connectivity index (χ3v) is 4.60. The molecule has 0 aliphatic carbocycles. The Bertz CT molecular complexity index is 499. The average molecular weight is 308 g/mol. The molecule has 1 heterocycles. The van der Waals surface area contributed by atoms with E-state index in [9.17, 15) is 9.90 Å². The fraction of sp³-hybridized carbons (Fsp3) is 0.562. The molecule has 2 rings (SSSR count). The van der Waals surface area contributed by atoms with E-state index in [0.717, 1.165) is 30.0 Å². The number of hydrogen-bond donors (Lipinski definition) is 2. The second-order valence-electron chi connectivity index (χ2n) is 6.06. The highest BCUT2D eigenvalue weighted by molar-refractivity contribution is 7.98. The number of likely N-dealkylation sites (tertiary alicyclic amines) is 1. The molecule has 2 N–H and O–H groups in total. The first-order valence-electron chi connectivity index (χ1n) is 7.30. The maximum atomic E-state index is 12.2. The normalized spacial score (nSPS) is 19.7. The van der Waals surface area contributed by atoms with Crippen molar-refractivity contribution < 1.29 is 9.90 Å². The van der Waals surface area contributed by atoms with Gasteiger partial charge in [0.05, 0.1) is 12.1 Å². The fourth-order valence-electron chi connectivity index (χ4n) is 2.90. The van der Waals surface area contributed by atoms with Crippen molar-refractivity contribution >= 4 is 23.4 Å². The van der Waals surface area contributed by atoms with Crippen molar-refractivity contribution in [2.75, 3.05) is 24.7 Å². The molecule has 1 amide bonds. The van der Waals surface area contributed by atoms with Crippen LogP contribution < -0.4 is 5.32 Å². The van der Waals surface area contributed by atoms with Crippen LogP contribution in [0.4, 0.5) is 5.69 Å². The molecule has 1 aromatic rings. The quantitative estimate of drug-likeness (QED) is 0.821. The highest BCUT2D eigenvalue weighted by Crippen LogP contribution is 2.26. The number of aliphatic hydroxyl groups is 1. The van der Waals surface area contributed by atoms with Crippen LogP contribution in [0.3, 0.4) is 0 Å². The molecule has 21 heavy (non-hydrogen) atoms. The maximum Gasteiger partial charge on any atom is 0.238 e. The fourth-order valence-corrected chi connectivity index (χ4v) is 3.36. The van der Waals surface area contributed by atoms with Gasteiger partial charge in [0.15, 0.2) is 0 Å². The number of benzene rings is 1. The molecule has 0 bridgehead atoms. The summed E-state index contributed by atoms with van der Waals surface area (Å²) in [5.74, 6) is -0.0237. The zero-order valence-corrected chi connectivity index (χ0v) is 13.7. The van der Waals surface area contributed by atoms with Crippen LogP contribution in [0.2, 0.25) is 0 Å². The lowest BCUT2D eigenvalue weighted by Gasteiger charge is -2.33. The van der Waals surface area contributed by atoms with E-state index in [2.05, 4.69) is 10.2 Å². The van der Waals surface area contributed by atoms with Gasteiger partial charge in [0.2, 0.25) is 5.91 Å². The number of nitrogens with zero attached hydrogens (tertiary/aromatic N) is 1. The van der Waals surface area contributed by atoms with E-state index >= 15 is 0 Å². The van der Waals surface area contributed by atoms with Crippen molar-refractivity contribution in [3.63, 3.8) is 0 Å². The van der Waals surface area contributed by atoms with Gasteiger partial charge in [-0.25, -0.2) is 0 Å². The number of amides is 1. The zero-order chi connectivity index (χ0) is 15.5. The topological polar surface area (TPSA) is 52.6 Å². The number of carbonyl (C=O) groups excluding carboxylic acids is 1. The van der Waals surface area contributed by atoms with E-state index in [1.165, 1.54) is 0 Å². The van der Waals surface area contributed by atoms with Gasteiger partial charge in [0.25, 0.3) is 0 Å². The predicted octanol–water partition coefficient (Wildman–Crippen LogP) is 2.58. The van der Waals surface area contributed by atoms with Crippen LogP contribution in [0.5, 0.6) is 0 Å². The van der Waals surface area contributed by atoms with Crippen LogP contribution >= 0.6 is 11.8 Å². The Hall–Kier alpha value is -1.04. The number of nitrogens with one attached hydrogen (secondary N) is 1. The van der Waals surface area contributed by atoms with E-state index in [4.69, 9.17) is 0 Å². The largest absolute Gasteiger partial charge is 0.389 e. The second kappa shape index (κ2) is 6.81. The lowest BCUT2D eigenvalue weighted by molar-refractivity contribution is -0.118. The van der Waals surface area contributed by atoms with Gasteiger partial charge < -0.3 is 10.4 Å². The lowest BCUT2D eigenvalue weighted by Crippen LogP contribution is -2.48. The Morgan fingerprint density at radius 1 is 1.52 bits per heavy atom. The number of rotatable bonds is 5. The molecule has 0 spiro atoms. The molecule has 116 valence electrons. The van der Waals surface area contributed by atoms with Crippen molar-refractivity contribution in [1.82, 2.24) is 4.90 Å². The summed E-state index contributed by atoms with van der Waals surface area (Å²) >= 11 is 1.65. The smallest absolute Gasteiger partial charge is 0.238 e. The summed E-state index contributed by atoms with van der Waals surface area (Å²) in [7, 11) is 0. The summed E-state index contributed by atoms with van der Waals surface area (Å²) in [6.07, 6.45) is 3.99. The Morgan fingerprint density at radius 3 is 2.95 bits per heavy atom. The second-order valence-corrected chi connectivity index (χ2v) is 6.94. The van der Waals surface area contributed by atoms with Gasteiger partial charge in [-0.3, -0.25) is 9.69 Å². The van der Waals surface area contributed by atoms with Crippen LogP contribution in [-0.2, 0) is 4.79 Å². The van der Waals surface area contributed by atoms with Crippen molar-refractivity contribution in [3.05, 3.63) is 24.3 Å². The third kappa shape index (κ3) is 4.46. The van der Waals surface area contributed by atoms with Crippen LogP contribution in [0.15, 0.2) is 29.2 Å². The molecule has 1 fully saturated rings. The molecule has 0 aromatic heterocycles. The summed E-state index contributed by atoms with van der Waals surface area (Å²) in [4.78, 5) is 15.4. The van der Waals surface area contributed by atoms with E-state index in [1.807, 2.05) is 44.4 Å². The molecule has 1 atom stereocenters. The van der Waals surface area contributed by atoms with Crippen LogP contribution in [0, 0.1) is 0 Å². The number of thioether (sulfide) groups is 1. The number of hydrogen-bond acceptors (Lipinski definition) is 4. The van der Waals surface area contributed by atoms with Gasteiger partial charge in [0.1, 0.15) is 0 Å². The number of anilines is 1. The molecule has 1 aliphatic heterocycles. The van der Waals surface area contributed by atoms with Gasteiger partial charge in [-0.2, -0.15) is 0 Å². The average Bonchev–Trinajstić information content (AvgIpc) is 2.86.